The number of fused-ring (bicyclic) bond motifs is 1. The van der Waals surface area contributed by atoms with Gasteiger partial charge in [0.15, 0.2) is 0 Å². The highest BCUT2D eigenvalue weighted by atomic mass is 35.5. The highest BCUT2D eigenvalue weighted by Gasteiger charge is 2.21. The third-order valence-corrected chi connectivity index (χ3v) is 3.69. The lowest BCUT2D eigenvalue weighted by atomic mass is 10.2. The number of H-pyrrole nitrogens is 1. The lowest BCUT2D eigenvalue weighted by Gasteiger charge is -2.31. The summed E-state index contributed by atoms with van der Waals surface area (Å²) in [5, 5.41) is 0.733. The summed E-state index contributed by atoms with van der Waals surface area (Å²) in [6.07, 6.45) is 0. The predicted molar refractivity (Wildman–Crippen MR) is 71.9 cm³/mol. The Balaban J connectivity index is 1.88. The third-order valence-electron chi connectivity index (χ3n) is 3.45. The second kappa shape index (κ2) is 4.88. The summed E-state index contributed by atoms with van der Waals surface area (Å²) in [6.45, 7) is 5.69. The molecule has 0 saturated carbocycles. The maximum absolute atomic E-state index is 5.98. The average molecular weight is 266 g/mol. The van der Waals surface area contributed by atoms with Crippen molar-refractivity contribution in [1.82, 2.24) is 14.9 Å². The van der Waals surface area contributed by atoms with E-state index < -0.39 is 0 Å². The first kappa shape index (κ1) is 12.0. The van der Waals surface area contributed by atoms with Crippen molar-refractivity contribution in [2.75, 3.05) is 26.3 Å². The lowest BCUT2D eigenvalue weighted by Crippen LogP contribution is -2.38. The summed E-state index contributed by atoms with van der Waals surface area (Å²) >= 11 is 5.98. The summed E-state index contributed by atoms with van der Waals surface area (Å²) in [6, 6.07) is 6.01. The van der Waals surface area contributed by atoms with E-state index >= 15 is 0 Å². The molecule has 3 rings (SSSR count). The van der Waals surface area contributed by atoms with Crippen LogP contribution < -0.4 is 0 Å². The predicted octanol–water partition coefficient (Wildman–Crippen LogP) is 2.61. The Kier molecular flexibility index (Phi) is 3.24. The standard InChI is InChI=1S/C13H16ClN3O/c1-9(17-4-6-18-7-5-17)13-15-11-3-2-10(14)8-12(11)16-13/h2-3,8-9H,4-7H2,1H3,(H,15,16). The van der Waals surface area contributed by atoms with E-state index in [9.17, 15) is 0 Å². The highest BCUT2D eigenvalue weighted by Crippen LogP contribution is 2.23. The number of halogens is 1. The number of morpholine rings is 1. The number of ether oxygens (including phenoxy) is 1. The largest absolute Gasteiger partial charge is 0.379 e. The molecule has 1 aliphatic rings. The summed E-state index contributed by atoms with van der Waals surface area (Å²) in [7, 11) is 0. The van der Waals surface area contributed by atoms with Crippen molar-refractivity contribution in [2.45, 2.75) is 13.0 Å². The van der Waals surface area contributed by atoms with Crippen molar-refractivity contribution in [3.05, 3.63) is 29.0 Å². The average Bonchev–Trinajstić information content (AvgIpc) is 2.81. The molecule has 1 aromatic carbocycles. The van der Waals surface area contributed by atoms with Gasteiger partial charge in [0.25, 0.3) is 0 Å². The Labute approximate surface area is 111 Å². The van der Waals surface area contributed by atoms with Gasteiger partial charge in [-0.2, -0.15) is 0 Å². The number of benzene rings is 1. The van der Waals surface area contributed by atoms with E-state index in [4.69, 9.17) is 16.3 Å². The van der Waals surface area contributed by atoms with Gasteiger partial charge in [-0.05, 0) is 25.1 Å². The third kappa shape index (κ3) is 2.23. The van der Waals surface area contributed by atoms with Gasteiger partial charge in [-0.15, -0.1) is 0 Å². The number of rotatable bonds is 2. The summed E-state index contributed by atoms with van der Waals surface area (Å²) < 4.78 is 5.37. The molecule has 18 heavy (non-hydrogen) atoms. The second-order valence-corrected chi connectivity index (χ2v) is 5.04. The van der Waals surface area contributed by atoms with Crippen LogP contribution in [0.5, 0.6) is 0 Å². The molecular formula is C13H16ClN3O. The Hall–Kier alpha value is -1.10. The van der Waals surface area contributed by atoms with Crippen LogP contribution in [0, 0.1) is 0 Å². The van der Waals surface area contributed by atoms with Gasteiger partial charge in [0.2, 0.25) is 0 Å². The molecule has 1 fully saturated rings. The highest BCUT2D eigenvalue weighted by molar-refractivity contribution is 6.31. The van der Waals surface area contributed by atoms with Crippen molar-refractivity contribution < 1.29 is 4.74 Å². The second-order valence-electron chi connectivity index (χ2n) is 4.61. The molecule has 0 radical (unpaired) electrons. The number of aromatic nitrogens is 2. The normalized spacial score (nSPS) is 19.2. The molecule has 1 atom stereocenters. The molecular weight excluding hydrogens is 250 g/mol. The van der Waals surface area contributed by atoms with Gasteiger partial charge in [-0.25, -0.2) is 4.98 Å². The minimum atomic E-state index is 0.278. The zero-order chi connectivity index (χ0) is 12.5. The van der Waals surface area contributed by atoms with Crippen LogP contribution >= 0.6 is 11.6 Å². The van der Waals surface area contributed by atoms with Crippen LogP contribution in [-0.2, 0) is 4.74 Å². The van der Waals surface area contributed by atoms with Crippen LogP contribution in [0.1, 0.15) is 18.8 Å². The first-order valence-corrected chi connectivity index (χ1v) is 6.59. The zero-order valence-electron chi connectivity index (χ0n) is 10.3. The molecule has 0 aliphatic carbocycles. The number of nitrogens with zero attached hydrogens (tertiary/aromatic N) is 2. The molecule has 96 valence electrons. The van der Waals surface area contributed by atoms with Crippen LogP contribution in [0.4, 0.5) is 0 Å². The summed E-state index contributed by atoms with van der Waals surface area (Å²) in [5.41, 5.74) is 1.96. The van der Waals surface area contributed by atoms with E-state index in [2.05, 4.69) is 21.8 Å². The van der Waals surface area contributed by atoms with Crippen LogP contribution in [0.15, 0.2) is 18.2 Å². The Morgan fingerprint density at radius 2 is 2.17 bits per heavy atom. The Morgan fingerprint density at radius 1 is 1.39 bits per heavy atom. The van der Waals surface area contributed by atoms with Gasteiger partial charge in [-0.3, -0.25) is 4.90 Å². The molecule has 0 amide bonds. The number of imidazole rings is 1. The maximum atomic E-state index is 5.98. The fourth-order valence-electron chi connectivity index (χ4n) is 2.34. The summed E-state index contributed by atoms with van der Waals surface area (Å²) in [4.78, 5) is 10.4. The number of hydrogen-bond acceptors (Lipinski definition) is 3. The number of hydrogen-bond donors (Lipinski definition) is 1. The Bertz CT molecular complexity index is 548. The van der Waals surface area contributed by atoms with Gasteiger partial charge in [0.05, 0.1) is 30.3 Å². The minimum Gasteiger partial charge on any atom is -0.379 e. The molecule has 0 spiro atoms. The van der Waals surface area contributed by atoms with E-state index in [1.807, 2.05) is 18.2 Å². The van der Waals surface area contributed by atoms with Gasteiger partial charge in [-0.1, -0.05) is 11.6 Å². The van der Waals surface area contributed by atoms with Crippen molar-refractivity contribution in [3.63, 3.8) is 0 Å². The summed E-state index contributed by atoms with van der Waals surface area (Å²) in [5.74, 6) is 0.995. The maximum Gasteiger partial charge on any atom is 0.124 e. The molecule has 2 aromatic rings. The quantitative estimate of drug-likeness (QED) is 0.908. The van der Waals surface area contributed by atoms with E-state index in [0.29, 0.717) is 0 Å². The van der Waals surface area contributed by atoms with Crippen molar-refractivity contribution in [3.8, 4) is 0 Å². The molecule has 1 aliphatic heterocycles. The van der Waals surface area contributed by atoms with Gasteiger partial charge < -0.3 is 9.72 Å². The van der Waals surface area contributed by atoms with Crippen LogP contribution in [0.2, 0.25) is 5.02 Å². The first-order chi connectivity index (χ1) is 8.74. The molecule has 1 unspecified atom stereocenters. The fraction of sp³-hybridized carbons (Fsp3) is 0.462. The van der Waals surface area contributed by atoms with E-state index in [1.165, 1.54) is 0 Å². The molecule has 1 aromatic heterocycles. The Morgan fingerprint density at radius 3 is 2.94 bits per heavy atom. The van der Waals surface area contributed by atoms with Crippen molar-refractivity contribution in [1.29, 1.82) is 0 Å². The smallest absolute Gasteiger partial charge is 0.124 e. The monoisotopic (exact) mass is 265 g/mol. The fourth-order valence-corrected chi connectivity index (χ4v) is 2.51. The molecule has 1 saturated heterocycles. The molecule has 4 nitrogen and oxygen atoms in total. The molecule has 2 heterocycles. The SMILES string of the molecule is CC(c1nc2ccc(Cl)cc2[nH]1)N1CCOCC1. The van der Waals surface area contributed by atoms with Crippen LogP contribution in [-0.4, -0.2) is 41.2 Å². The first-order valence-electron chi connectivity index (χ1n) is 6.21. The van der Waals surface area contributed by atoms with Gasteiger partial charge in [0, 0.05) is 18.1 Å². The van der Waals surface area contributed by atoms with Gasteiger partial charge in [0.1, 0.15) is 5.82 Å². The van der Waals surface area contributed by atoms with E-state index in [-0.39, 0.29) is 6.04 Å². The topological polar surface area (TPSA) is 41.2 Å². The number of nitrogens with one attached hydrogen (secondary N) is 1. The molecule has 1 N–H and O–H groups in total. The van der Waals surface area contributed by atoms with Crippen LogP contribution in [0.25, 0.3) is 11.0 Å². The molecule has 5 heteroatoms. The van der Waals surface area contributed by atoms with Gasteiger partial charge >= 0.3 is 0 Å². The zero-order valence-corrected chi connectivity index (χ0v) is 11.1. The number of aromatic amines is 1. The minimum absolute atomic E-state index is 0.278. The lowest BCUT2D eigenvalue weighted by molar-refractivity contribution is 0.0184. The van der Waals surface area contributed by atoms with Crippen LogP contribution in [0.3, 0.4) is 0 Å². The van der Waals surface area contributed by atoms with E-state index in [1.54, 1.807) is 0 Å². The van der Waals surface area contributed by atoms with Crippen molar-refractivity contribution >= 4 is 22.6 Å². The molecule has 0 bridgehead atoms. The van der Waals surface area contributed by atoms with Crippen molar-refractivity contribution in [2.24, 2.45) is 0 Å². The van der Waals surface area contributed by atoms with E-state index in [0.717, 1.165) is 48.2 Å².